The topological polar surface area (TPSA) is 70.5 Å². The van der Waals surface area contributed by atoms with Crippen molar-refractivity contribution in [3.63, 3.8) is 0 Å². The van der Waals surface area contributed by atoms with Crippen LogP contribution in [0.1, 0.15) is 45.3 Å². The van der Waals surface area contributed by atoms with Gasteiger partial charge in [-0.15, -0.1) is 11.3 Å². The molecular weight excluding hydrogens is 288 g/mol. The molecule has 0 saturated carbocycles. The third kappa shape index (κ3) is 5.83. The van der Waals surface area contributed by atoms with Crippen LogP contribution in [0.2, 0.25) is 0 Å². The molecule has 1 N–H and O–H groups in total. The van der Waals surface area contributed by atoms with Crippen LogP contribution in [0, 0.1) is 5.92 Å². The molecule has 5 nitrogen and oxygen atoms in total. The highest BCUT2D eigenvalue weighted by Gasteiger charge is 2.22. The number of rotatable bonds is 6. The highest BCUT2D eigenvalue weighted by atomic mass is 32.1. The van der Waals surface area contributed by atoms with E-state index in [1.54, 1.807) is 0 Å². The molecule has 118 valence electrons. The zero-order valence-electron chi connectivity index (χ0n) is 13.3. The van der Waals surface area contributed by atoms with Crippen LogP contribution in [-0.4, -0.2) is 40.0 Å². The number of carbonyl (C=O) groups excluding carboxylic acids is 1. The lowest BCUT2D eigenvalue weighted by Gasteiger charge is -2.22. The number of thiazole rings is 1. The van der Waals surface area contributed by atoms with Gasteiger partial charge >= 0.3 is 5.97 Å². The van der Waals surface area contributed by atoms with Crippen molar-refractivity contribution in [2.75, 3.05) is 13.1 Å². The van der Waals surface area contributed by atoms with Crippen LogP contribution in [-0.2, 0) is 21.4 Å². The molecule has 0 radical (unpaired) electrons. The minimum absolute atomic E-state index is 0.0371. The fourth-order valence-corrected chi connectivity index (χ4v) is 2.77. The van der Waals surface area contributed by atoms with Crippen LogP contribution >= 0.6 is 11.3 Å². The predicted molar refractivity (Wildman–Crippen MR) is 83.6 cm³/mol. The minimum atomic E-state index is -0.988. The fraction of sp³-hybridized carbons (Fsp3) is 0.667. The SMILES string of the molecule is CC(C)CN(CC(=O)O)C(=O)Cc1csc(C(C)(C)C)n1. The van der Waals surface area contributed by atoms with Gasteiger partial charge in [0.05, 0.1) is 17.1 Å². The van der Waals surface area contributed by atoms with E-state index in [1.807, 2.05) is 19.2 Å². The first-order valence-corrected chi connectivity index (χ1v) is 7.92. The van der Waals surface area contributed by atoms with E-state index in [1.165, 1.54) is 16.2 Å². The van der Waals surface area contributed by atoms with Crippen molar-refractivity contribution in [3.05, 3.63) is 16.1 Å². The van der Waals surface area contributed by atoms with Gasteiger partial charge in [0, 0.05) is 17.3 Å². The first-order valence-electron chi connectivity index (χ1n) is 7.04. The zero-order valence-corrected chi connectivity index (χ0v) is 14.2. The maximum absolute atomic E-state index is 12.3. The van der Waals surface area contributed by atoms with Crippen molar-refractivity contribution >= 4 is 23.2 Å². The number of hydrogen-bond acceptors (Lipinski definition) is 4. The Labute approximate surface area is 130 Å². The lowest BCUT2D eigenvalue weighted by atomic mass is 9.98. The van der Waals surface area contributed by atoms with Gasteiger partial charge in [0.1, 0.15) is 6.54 Å². The molecule has 6 heteroatoms. The van der Waals surface area contributed by atoms with E-state index in [9.17, 15) is 9.59 Å². The smallest absolute Gasteiger partial charge is 0.323 e. The molecule has 0 saturated heterocycles. The van der Waals surface area contributed by atoms with E-state index in [0.717, 1.165) is 5.01 Å². The standard InChI is InChI=1S/C15H24N2O3S/c1-10(2)7-17(8-13(19)20)12(18)6-11-9-21-14(16-11)15(3,4)5/h9-10H,6-8H2,1-5H3,(H,19,20). The average molecular weight is 312 g/mol. The van der Waals surface area contributed by atoms with E-state index >= 15 is 0 Å². The molecule has 0 aliphatic carbocycles. The number of aromatic nitrogens is 1. The molecule has 1 heterocycles. The van der Waals surface area contributed by atoms with Gasteiger partial charge < -0.3 is 10.0 Å². The summed E-state index contributed by atoms with van der Waals surface area (Å²) in [6, 6.07) is 0. The summed E-state index contributed by atoms with van der Waals surface area (Å²) in [6.07, 6.45) is 0.159. The van der Waals surface area contributed by atoms with Crippen molar-refractivity contribution in [3.8, 4) is 0 Å². The van der Waals surface area contributed by atoms with Gasteiger partial charge in [-0.1, -0.05) is 34.6 Å². The Morgan fingerprint density at radius 2 is 2.00 bits per heavy atom. The number of amides is 1. The summed E-state index contributed by atoms with van der Waals surface area (Å²) in [4.78, 5) is 29.0. The van der Waals surface area contributed by atoms with E-state index < -0.39 is 5.97 Å². The van der Waals surface area contributed by atoms with Crippen LogP contribution < -0.4 is 0 Å². The van der Waals surface area contributed by atoms with Crippen molar-refractivity contribution < 1.29 is 14.7 Å². The molecular formula is C15H24N2O3S. The Morgan fingerprint density at radius 1 is 1.38 bits per heavy atom. The highest BCUT2D eigenvalue weighted by Crippen LogP contribution is 2.25. The van der Waals surface area contributed by atoms with Crippen molar-refractivity contribution in [1.29, 1.82) is 0 Å². The summed E-state index contributed by atoms with van der Waals surface area (Å²) >= 11 is 1.54. The second-order valence-corrected chi connectivity index (χ2v) is 7.49. The summed E-state index contributed by atoms with van der Waals surface area (Å²) < 4.78 is 0. The summed E-state index contributed by atoms with van der Waals surface area (Å²) in [5.74, 6) is -0.941. The molecule has 0 fully saturated rings. The lowest BCUT2D eigenvalue weighted by Crippen LogP contribution is -2.39. The number of aliphatic carboxylic acids is 1. The summed E-state index contributed by atoms with van der Waals surface area (Å²) in [5, 5.41) is 11.8. The third-order valence-electron chi connectivity index (χ3n) is 2.79. The highest BCUT2D eigenvalue weighted by molar-refractivity contribution is 7.09. The van der Waals surface area contributed by atoms with Crippen molar-refractivity contribution in [1.82, 2.24) is 9.88 Å². The molecule has 0 unspecified atom stereocenters. The van der Waals surface area contributed by atoms with Crippen LogP contribution in [0.15, 0.2) is 5.38 Å². The lowest BCUT2D eigenvalue weighted by molar-refractivity contribution is -0.144. The van der Waals surface area contributed by atoms with Gasteiger partial charge in [-0.3, -0.25) is 9.59 Å². The van der Waals surface area contributed by atoms with Crippen LogP contribution in [0.25, 0.3) is 0 Å². The number of hydrogen-bond donors (Lipinski definition) is 1. The number of carbonyl (C=O) groups is 2. The molecule has 1 amide bonds. The molecule has 1 rings (SSSR count). The Balaban J connectivity index is 2.76. The molecule has 0 aliphatic rings. The Hall–Kier alpha value is -1.43. The van der Waals surface area contributed by atoms with Crippen LogP contribution in [0.3, 0.4) is 0 Å². The van der Waals surface area contributed by atoms with Gasteiger partial charge in [0.15, 0.2) is 0 Å². The molecule has 0 bridgehead atoms. The maximum atomic E-state index is 12.3. The quantitative estimate of drug-likeness (QED) is 0.876. The molecule has 0 aliphatic heterocycles. The Morgan fingerprint density at radius 3 is 2.43 bits per heavy atom. The second kappa shape index (κ2) is 7.02. The molecule has 21 heavy (non-hydrogen) atoms. The second-order valence-electron chi connectivity index (χ2n) is 6.63. The fourth-order valence-electron chi connectivity index (χ4n) is 1.86. The summed E-state index contributed by atoms with van der Waals surface area (Å²) in [5.41, 5.74) is 0.680. The number of carboxylic acid groups (broad SMARTS) is 1. The first kappa shape index (κ1) is 17.6. The van der Waals surface area contributed by atoms with E-state index in [4.69, 9.17) is 5.11 Å². The van der Waals surface area contributed by atoms with Crippen LogP contribution in [0.5, 0.6) is 0 Å². The number of carboxylic acids is 1. The van der Waals surface area contributed by atoms with Crippen molar-refractivity contribution in [2.24, 2.45) is 5.92 Å². The van der Waals surface area contributed by atoms with Gasteiger partial charge in [0.25, 0.3) is 0 Å². The van der Waals surface area contributed by atoms with Gasteiger partial charge in [-0.05, 0) is 5.92 Å². The monoisotopic (exact) mass is 312 g/mol. The molecule has 0 atom stereocenters. The van der Waals surface area contributed by atoms with Gasteiger partial charge in [0.2, 0.25) is 5.91 Å². The minimum Gasteiger partial charge on any atom is -0.480 e. The summed E-state index contributed by atoms with van der Waals surface area (Å²) in [6.45, 7) is 10.3. The number of nitrogens with zero attached hydrogens (tertiary/aromatic N) is 2. The summed E-state index contributed by atoms with van der Waals surface area (Å²) in [7, 11) is 0. The van der Waals surface area contributed by atoms with E-state index in [2.05, 4.69) is 25.8 Å². The normalized spacial score (nSPS) is 11.7. The van der Waals surface area contributed by atoms with Gasteiger partial charge in [-0.2, -0.15) is 0 Å². The first-order chi connectivity index (χ1) is 9.59. The predicted octanol–water partition coefficient (Wildman–Crippen LogP) is 2.55. The molecule has 0 aromatic carbocycles. The van der Waals surface area contributed by atoms with E-state index in [0.29, 0.717) is 12.2 Å². The molecule has 0 spiro atoms. The maximum Gasteiger partial charge on any atom is 0.323 e. The molecule has 1 aromatic heterocycles. The largest absolute Gasteiger partial charge is 0.480 e. The van der Waals surface area contributed by atoms with Gasteiger partial charge in [-0.25, -0.2) is 4.98 Å². The third-order valence-corrected chi connectivity index (χ3v) is 4.11. The van der Waals surface area contributed by atoms with E-state index in [-0.39, 0.29) is 30.2 Å². The average Bonchev–Trinajstić information content (AvgIpc) is 2.74. The van der Waals surface area contributed by atoms with Crippen molar-refractivity contribution in [2.45, 2.75) is 46.5 Å². The zero-order chi connectivity index (χ0) is 16.2. The van der Waals surface area contributed by atoms with Crippen LogP contribution in [0.4, 0.5) is 0 Å². The molecule has 1 aromatic rings. The Bertz CT molecular complexity index is 503. The Kier molecular flexibility index (Phi) is 5.89.